The van der Waals surface area contributed by atoms with Crippen LogP contribution < -0.4 is 4.90 Å². The summed E-state index contributed by atoms with van der Waals surface area (Å²) in [6, 6.07) is 10.4. The molecule has 1 aromatic carbocycles. The topological polar surface area (TPSA) is 49.6 Å². The van der Waals surface area contributed by atoms with E-state index in [1.807, 2.05) is 30.0 Å². The van der Waals surface area contributed by atoms with E-state index in [9.17, 15) is 4.79 Å². The number of amides is 1. The summed E-state index contributed by atoms with van der Waals surface area (Å²) in [5.74, 6) is 3.52. The number of carbonyl (C=O) groups excluding carboxylic acids is 1. The lowest BCUT2D eigenvalue weighted by Gasteiger charge is -2.32. The van der Waals surface area contributed by atoms with Crippen LogP contribution in [0.25, 0.3) is 11.3 Å². The predicted octanol–water partition coefficient (Wildman–Crippen LogP) is 5.21. The third-order valence-corrected chi connectivity index (χ3v) is 7.49. The van der Waals surface area contributed by atoms with Crippen LogP contribution in [0.15, 0.2) is 34.9 Å². The number of hydrogen-bond acceptors (Lipinski definition) is 5. The molecule has 1 atom stereocenters. The maximum atomic E-state index is 13.5. The van der Waals surface area contributed by atoms with Gasteiger partial charge in [0.05, 0.1) is 12.1 Å². The molecule has 0 spiro atoms. The second kappa shape index (κ2) is 9.90. The van der Waals surface area contributed by atoms with Gasteiger partial charge in [0.1, 0.15) is 5.69 Å². The Balaban J connectivity index is 1.70. The minimum Gasteiger partial charge on any atom is -0.339 e. The number of rotatable bonds is 7. The predicted molar refractivity (Wildman–Crippen MR) is 124 cm³/mol. The first-order valence-corrected chi connectivity index (χ1v) is 12.5. The van der Waals surface area contributed by atoms with E-state index in [1.165, 1.54) is 12.8 Å². The van der Waals surface area contributed by atoms with Gasteiger partial charge in [-0.3, -0.25) is 4.79 Å². The minimum absolute atomic E-state index is 0.175. The number of hydrogen-bond donors (Lipinski definition) is 0. The smallest absolute Gasteiger partial charge is 0.232 e. The average molecular weight is 428 g/mol. The monoisotopic (exact) mass is 427 g/mol. The van der Waals surface area contributed by atoms with Gasteiger partial charge in [0.2, 0.25) is 11.8 Å². The second-order valence-corrected chi connectivity index (χ2v) is 9.71. The van der Waals surface area contributed by atoms with Crippen molar-refractivity contribution in [2.75, 3.05) is 29.5 Å². The summed E-state index contributed by atoms with van der Waals surface area (Å²) in [5.41, 5.74) is 2.97. The van der Waals surface area contributed by atoms with Crippen LogP contribution in [0, 0.1) is 5.92 Å². The van der Waals surface area contributed by atoms with E-state index >= 15 is 0 Å². The van der Waals surface area contributed by atoms with Crippen LogP contribution >= 0.6 is 11.8 Å². The van der Waals surface area contributed by atoms with Crippen LogP contribution in [0.5, 0.6) is 0 Å². The zero-order valence-electron chi connectivity index (χ0n) is 18.2. The molecule has 0 unspecified atom stereocenters. The molecule has 1 aliphatic heterocycles. The summed E-state index contributed by atoms with van der Waals surface area (Å²) < 4.78 is 5.94. The molecule has 2 aromatic rings. The van der Waals surface area contributed by atoms with Crippen LogP contribution in [0.2, 0.25) is 0 Å². The van der Waals surface area contributed by atoms with E-state index in [-0.39, 0.29) is 12.0 Å². The molecule has 4 rings (SSSR count). The van der Waals surface area contributed by atoms with Gasteiger partial charge in [-0.25, -0.2) is 0 Å². The Morgan fingerprint density at radius 1 is 1.23 bits per heavy atom. The van der Waals surface area contributed by atoms with Crippen molar-refractivity contribution in [3.05, 3.63) is 35.9 Å². The number of benzene rings is 1. The van der Waals surface area contributed by atoms with Crippen molar-refractivity contribution < 1.29 is 9.32 Å². The molecule has 0 radical (unpaired) electrons. The van der Waals surface area contributed by atoms with Crippen molar-refractivity contribution in [3.63, 3.8) is 0 Å². The lowest BCUT2D eigenvalue weighted by Crippen LogP contribution is -2.41. The standard InChI is InChI=1S/C24H33N3O2S/c1-3-18(2)27(23(28)20-11-7-8-12-20)17-21-22(19-9-5-4-6-10-19)25-29-24(21)26-13-15-30-16-14-26/h4-6,9-10,18,20H,3,7-8,11-17H2,1-2H3/t18-/m1/s1. The maximum absolute atomic E-state index is 13.5. The minimum atomic E-state index is 0.175. The van der Waals surface area contributed by atoms with E-state index in [4.69, 9.17) is 4.52 Å². The third-order valence-electron chi connectivity index (χ3n) is 6.55. The molecule has 1 saturated carbocycles. The van der Waals surface area contributed by atoms with Crippen molar-refractivity contribution in [2.45, 2.75) is 58.5 Å². The maximum Gasteiger partial charge on any atom is 0.232 e. The first-order valence-electron chi connectivity index (χ1n) is 11.4. The summed E-state index contributed by atoms with van der Waals surface area (Å²) in [6.45, 7) is 6.81. The molecular formula is C24H33N3O2S. The molecule has 1 aliphatic carbocycles. The first kappa shape index (κ1) is 21.3. The molecule has 30 heavy (non-hydrogen) atoms. The highest BCUT2D eigenvalue weighted by molar-refractivity contribution is 7.99. The van der Waals surface area contributed by atoms with Gasteiger partial charge in [0, 0.05) is 42.1 Å². The molecule has 6 heteroatoms. The van der Waals surface area contributed by atoms with Gasteiger partial charge < -0.3 is 14.3 Å². The van der Waals surface area contributed by atoms with Crippen LogP contribution in [-0.2, 0) is 11.3 Å². The van der Waals surface area contributed by atoms with Crippen molar-refractivity contribution in [1.29, 1.82) is 0 Å². The van der Waals surface area contributed by atoms with Crippen LogP contribution in [0.1, 0.15) is 51.5 Å². The molecule has 2 fully saturated rings. The summed E-state index contributed by atoms with van der Waals surface area (Å²) >= 11 is 1.98. The largest absolute Gasteiger partial charge is 0.339 e. The lowest BCUT2D eigenvalue weighted by atomic mass is 10.0. The summed E-state index contributed by atoms with van der Waals surface area (Å²) in [6.07, 6.45) is 5.34. The fraction of sp³-hybridized carbons (Fsp3) is 0.583. The van der Waals surface area contributed by atoms with Crippen LogP contribution in [0.4, 0.5) is 5.88 Å². The zero-order chi connectivity index (χ0) is 20.9. The summed E-state index contributed by atoms with van der Waals surface area (Å²) in [7, 11) is 0. The van der Waals surface area contributed by atoms with E-state index in [2.05, 4.69) is 40.9 Å². The van der Waals surface area contributed by atoms with Crippen molar-refractivity contribution in [2.24, 2.45) is 5.92 Å². The normalized spacial score (nSPS) is 18.5. The van der Waals surface area contributed by atoms with Crippen molar-refractivity contribution in [1.82, 2.24) is 10.1 Å². The average Bonchev–Trinajstić information content (AvgIpc) is 3.48. The van der Waals surface area contributed by atoms with Gasteiger partial charge in [-0.05, 0) is 26.2 Å². The molecule has 0 bridgehead atoms. The number of anilines is 1. The number of thioether (sulfide) groups is 1. The Morgan fingerprint density at radius 3 is 2.60 bits per heavy atom. The lowest BCUT2D eigenvalue weighted by molar-refractivity contribution is -0.138. The molecule has 0 N–H and O–H groups in total. The molecular weight excluding hydrogens is 394 g/mol. The summed E-state index contributed by atoms with van der Waals surface area (Å²) in [5, 5.41) is 4.50. The van der Waals surface area contributed by atoms with E-state index < -0.39 is 0 Å². The quantitative estimate of drug-likeness (QED) is 0.607. The number of carbonyl (C=O) groups is 1. The Morgan fingerprint density at radius 2 is 1.93 bits per heavy atom. The van der Waals surface area contributed by atoms with Crippen LogP contribution in [-0.4, -0.2) is 46.6 Å². The molecule has 1 aromatic heterocycles. The molecule has 2 aliphatic rings. The Kier molecular flexibility index (Phi) is 7.03. The highest BCUT2D eigenvalue weighted by atomic mass is 32.2. The highest BCUT2D eigenvalue weighted by Gasteiger charge is 2.33. The Bertz CT molecular complexity index is 826. The van der Waals surface area contributed by atoms with E-state index in [0.717, 1.165) is 66.6 Å². The fourth-order valence-electron chi connectivity index (χ4n) is 4.53. The van der Waals surface area contributed by atoms with Gasteiger partial charge in [-0.15, -0.1) is 0 Å². The van der Waals surface area contributed by atoms with Gasteiger partial charge in [0.25, 0.3) is 0 Å². The SMILES string of the molecule is CC[C@@H](C)N(Cc1c(-c2ccccc2)noc1N1CCSCC1)C(=O)C1CCCC1. The molecule has 162 valence electrons. The molecule has 1 amide bonds. The Labute approximate surface area is 184 Å². The van der Waals surface area contributed by atoms with Crippen LogP contribution in [0.3, 0.4) is 0 Å². The van der Waals surface area contributed by atoms with E-state index in [1.54, 1.807) is 0 Å². The molecule has 2 heterocycles. The summed E-state index contributed by atoms with van der Waals surface area (Å²) in [4.78, 5) is 17.9. The first-order chi connectivity index (χ1) is 14.7. The zero-order valence-corrected chi connectivity index (χ0v) is 19.0. The molecule has 5 nitrogen and oxygen atoms in total. The second-order valence-electron chi connectivity index (χ2n) is 8.49. The van der Waals surface area contributed by atoms with Crippen molar-refractivity contribution >= 4 is 23.6 Å². The van der Waals surface area contributed by atoms with Gasteiger partial charge in [-0.2, -0.15) is 11.8 Å². The van der Waals surface area contributed by atoms with E-state index in [0.29, 0.717) is 12.5 Å². The molecule has 1 saturated heterocycles. The third kappa shape index (κ3) is 4.53. The van der Waals surface area contributed by atoms with Gasteiger partial charge in [0.15, 0.2) is 0 Å². The number of aromatic nitrogens is 1. The van der Waals surface area contributed by atoms with Gasteiger partial charge in [-0.1, -0.05) is 55.3 Å². The Hall–Kier alpha value is -1.95. The van der Waals surface area contributed by atoms with Gasteiger partial charge >= 0.3 is 0 Å². The highest BCUT2D eigenvalue weighted by Crippen LogP contribution is 2.35. The van der Waals surface area contributed by atoms with Crippen molar-refractivity contribution in [3.8, 4) is 11.3 Å². The fourth-order valence-corrected chi connectivity index (χ4v) is 5.43. The number of nitrogens with zero attached hydrogens (tertiary/aromatic N) is 3.